The largest absolute Gasteiger partial charge is 0.456 e. The predicted octanol–water partition coefficient (Wildman–Crippen LogP) is 9.36. The topological polar surface area (TPSA) is 56.7 Å². The fraction of sp³-hybridized carbons (Fsp3) is 0. The first-order chi connectivity index (χ1) is 20.8. The van der Waals surface area contributed by atoms with E-state index in [0.29, 0.717) is 17.6 Å². The van der Waals surface area contributed by atoms with E-state index >= 15 is 0 Å². The van der Waals surface area contributed by atoms with Gasteiger partial charge >= 0.3 is 0 Å². The van der Waals surface area contributed by atoms with E-state index in [9.17, 15) is 0 Å². The summed E-state index contributed by atoms with van der Waals surface area (Å²) in [5.41, 5.74) is 5.75. The molecular formula is C37H22N4O. The molecule has 0 aliphatic rings. The molecule has 5 nitrogen and oxygen atoms in total. The average molecular weight is 539 g/mol. The Morgan fingerprint density at radius 3 is 1.74 bits per heavy atom. The third-order valence-electron chi connectivity index (χ3n) is 8.06. The monoisotopic (exact) mass is 538 g/mol. The maximum atomic E-state index is 6.24. The predicted molar refractivity (Wildman–Crippen MR) is 170 cm³/mol. The summed E-state index contributed by atoms with van der Waals surface area (Å²) in [4.78, 5) is 15.1. The van der Waals surface area contributed by atoms with Gasteiger partial charge in [0, 0.05) is 38.1 Å². The van der Waals surface area contributed by atoms with Crippen LogP contribution in [0.25, 0.3) is 83.2 Å². The van der Waals surface area contributed by atoms with Gasteiger partial charge in [0.25, 0.3) is 0 Å². The Hall–Kier alpha value is -5.81. The van der Waals surface area contributed by atoms with Crippen molar-refractivity contribution in [2.24, 2.45) is 0 Å². The molecule has 0 atom stereocenters. The van der Waals surface area contributed by atoms with Gasteiger partial charge in [-0.3, -0.25) is 4.57 Å². The highest BCUT2D eigenvalue weighted by molar-refractivity contribution is 6.26. The third kappa shape index (κ3) is 3.34. The Morgan fingerprint density at radius 2 is 1.00 bits per heavy atom. The molecule has 0 amide bonds. The zero-order valence-electron chi connectivity index (χ0n) is 22.4. The number of nitrogens with zero attached hydrogens (tertiary/aromatic N) is 4. The van der Waals surface area contributed by atoms with Crippen LogP contribution >= 0.6 is 0 Å². The van der Waals surface area contributed by atoms with Gasteiger partial charge in [-0.25, -0.2) is 4.98 Å². The first-order valence-electron chi connectivity index (χ1n) is 14.0. The molecule has 0 N–H and O–H groups in total. The van der Waals surface area contributed by atoms with E-state index in [1.165, 1.54) is 0 Å². The van der Waals surface area contributed by atoms with Gasteiger partial charge in [0.2, 0.25) is 5.95 Å². The first-order valence-corrected chi connectivity index (χ1v) is 14.0. The van der Waals surface area contributed by atoms with Crippen LogP contribution in [-0.2, 0) is 0 Å². The fourth-order valence-electron chi connectivity index (χ4n) is 6.19. The number of benzene rings is 6. The van der Waals surface area contributed by atoms with E-state index in [0.717, 1.165) is 65.6 Å². The van der Waals surface area contributed by atoms with Gasteiger partial charge in [-0.1, -0.05) is 109 Å². The summed E-state index contributed by atoms with van der Waals surface area (Å²) in [5.74, 6) is 1.85. The number of rotatable bonds is 3. The lowest BCUT2D eigenvalue weighted by Gasteiger charge is -2.12. The molecule has 3 aromatic heterocycles. The maximum absolute atomic E-state index is 6.24. The third-order valence-corrected chi connectivity index (χ3v) is 8.06. The highest BCUT2D eigenvalue weighted by Gasteiger charge is 2.21. The average Bonchev–Trinajstić information content (AvgIpc) is 3.61. The lowest BCUT2D eigenvalue weighted by Crippen LogP contribution is -2.06. The van der Waals surface area contributed by atoms with Crippen molar-refractivity contribution in [1.29, 1.82) is 0 Å². The Kier molecular flexibility index (Phi) is 4.83. The van der Waals surface area contributed by atoms with E-state index in [1.54, 1.807) is 0 Å². The second-order valence-electron chi connectivity index (χ2n) is 10.5. The maximum Gasteiger partial charge on any atom is 0.238 e. The van der Waals surface area contributed by atoms with Crippen molar-refractivity contribution < 1.29 is 4.42 Å². The van der Waals surface area contributed by atoms with Crippen LogP contribution in [0.5, 0.6) is 0 Å². The van der Waals surface area contributed by atoms with Gasteiger partial charge in [0.15, 0.2) is 11.6 Å². The number of hydrogen-bond acceptors (Lipinski definition) is 4. The molecule has 0 aliphatic heterocycles. The summed E-state index contributed by atoms with van der Waals surface area (Å²) in [6.45, 7) is 0. The zero-order chi connectivity index (χ0) is 27.6. The molecule has 0 spiro atoms. The summed E-state index contributed by atoms with van der Waals surface area (Å²) >= 11 is 0. The fourth-order valence-corrected chi connectivity index (χ4v) is 6.19. The quantitative estimate of drug-likeness (QED) is 0.225. The molecule has 196 valence electrons. The van der Waals surface area contributed by atoms with E-state index in [-0.39, 0.29) is 0 Å². The molecule has 0 radical (unpaired) electrons. The molecule has 9 rings (SSSR count). The Morgan fingerprint density at radius 1 is 0.429 bits per heavy atom. The summed E-state index contributed by atoms with van der Waals surface area (Å²) < 4.78 is 8.43. The molecule has 0 bridgehead atoms. The number of aromatic nitrogens is 4. The lowest BCUT2D eigenvalue weighted by molar-refractivity contribution is 0.669. The smallest absolute Gasteiger partial charge is 0.238 e. The zero-order valence-corrected chi connectivity index (χ0v) is 22.4. The van der Waals surface area contributed by atoms with E-state index in [4.69, 9.17) is 19.4 Å². The molecule has 6 aromatic carbocycles. The van der Waals surface area contributed by atoms with Crippen LogP contribution in [0, 0.1) is 0 Å². The molecule has 0 saturated carbocycles. The Balaban J connectivity index is 1.44. The van der Waals surface area contributed by atoms with Crippen LogP contribution in [0.2, 0.25) is 0 Å². The van der Waals surface area contributed by atoms with Crippen molar-refractivity contribution in [3.8, 4) is 28.7 Å². The molecule has 42 heavy (non-hydrogen) atoms. The molecule has 0 saturated heterocycles. The minimum Gasteiger partial charge on any atom is -0.456 e. The molecule has 9 aromatic rings. The Bertz CT molecular complexity index is 2400. The van der Waals surface area contributed by atoms with E-state index < -0.39 is 0 Å². The highest BCUT2D eigenvalue weighted by Crippen LogP contribution is 2.41. The number of para-hydroxylation sites is 2. The Labute approximate surface area is 240 Å². The molecule has 0 fully saturated rings. The van der Waals surface area contributed by atoms with Crippen molar-refractivity contribution in [3.63, 3.8) is 0 Å². The van der Waals surface area contributed by atoms with Gasteiger partial charge < -0.3 is 4.42 Å². The molecule has 0 aliphatic carbocycles. The van der Waals surface area contributed by atoms with Crippen molar-refractivity contribution in [3.05, 3.63) is 133 Å². The van der Waals surface area contributed by atoms with Gasteiger partial charge in [-0.2, -0.15) is 9.97 Å². The second kappa shape index (κ2) is 8.85. The van der Waals surface area contributed by atoms with Crippen LogP contribution in [-0.4, -0.2) is 19.5 Å². The standard InChI is InChI=1S/C37H22N4O/c1-3-11-23(12-4-1)35-38-36(24-13-5-2-6-14-24)40-37(39-35)41-30-17-9-7-15-25(30)27-20-19-26-28(34(27)41)21-22-32-33(26)29-16-8-10-18-31(29)42-32/h1-22H. The molecule has 5 heteroatoms. The van der Waals surface area contributed by atoms with Crippen molar-refractivity contribution in [2.75, 3.05) is 0 Å². The van der Waals surface area contributed by atoms with Gasteiger partial charge in [0.05, 0.1) is 11.0 Å². The van der Waals surface area contributed by atoms with Crippen LogP contribution in [0.1, 0.15) is 0 Å². The summed E-state index contributed by atoms with van der Waals surface area (Å²) in [6, 6.07) is 45.6. The molecular weight excluding hydrogens is 516 g/mol. The van der Waals surface area contributed by atoms with Gasteiger partial charge in [-0.15, -0.1) is 0 Å². The molecule has 0 unspecified atom stereocenters. The minimum absolute atomic E-state index is 0.582. The van der Waals surface area contributed by atoms with Crippen LogP contribution in [0.15, 0.2) is 138 Å². The SMILES string of the molecule is c1ccc(-c2nc(-c3ccccc3)nc(-n3c4ccccc4c4ccc5c(ccc6oc7ccccc7c65)c43)n2)cc1. The van der Waals surface area contributed by atoms with E-state index in [1.807, 2.05) is 72.8 Å². The molecule has 3 heterocycles. The lowest BCUT2D eigenvalue weighted by atomic mass is 10.0. The normalized spacial score (nSPS) is 11.8. The van der Waals surface area contributed by atoms with Crippen molar-refractivity contribution in [2.45, 2.75) is 0 Å². The van der Waals surface area contributed by atoms with Crippen LogP contribution in [0.3, 0.4) is 0 Å². The minimum atomic E-state index is 0.582. The summed E-state index contributed by atoms with van der Waals surface area (Å²) in [5, 5.41) is 6.77. The summed E-state index contributed by atoms with van der Waals surface area (Å²) in [6.07, 6.45) is 0. The van der Waals surface area contributed by atoms with Crippen LogP contribution < -0.4 is 0 Å². The number of hydrogen-bond donors (Lipinski definition) is 0. The second-order valence-corrected chi connectivity index (χ2v) is 10.5. The number of furan rings is 1. The van der Waals surface area contributed by atoms with Crippen molar-refractivity contribution in [1.82, 2.24) is 19.5 Å². The van der Waals surface area contributed by atoms with Gasteiger partial charge in [0.1, 0.15) is 11.2 Å². The van der Waals surface area contributed by atoms with Gasteiger partial charge in [-0.05, 0) is 29.7 Å². The first kappa shape index (κ1) is 22.9. The van der Waals surface area contributed by atoms with Crippen LogP contribution in [0.4, 0.5) is 0 Å². The highest BCUT2D eigenvalue weighted by atomic mass is 16.3. The van der Waals surface area contributed by atoms with Crippen molar-refractivity contribution >= 4 is 54.5 Å². The number of fused-ring (bicyclic) bond motifs is 9. The van der Waals surface area contributed by atoms with E-state index in [2.05, 4.69) is 65.2 Å². The summed E-state index contributed by atoms with van der Waals surface area (Å²) in [7, 11) is 0.